The summed E-state index contributed by atoms with van der Waals surface area (Å²) >= 11 is 0. The van der Waals surface area contributed by atoms with Crippen LogP contribution in [0.15, 0.2) is 22.3 Å². The van der Waals surface area contributed by atoms with Crippen LogP contribution in [-0.2, 0) is 22.4 Å². The molecule has 0 spiro atoms. The molecule has 1 aromatic heterocycles. The van der Waals surface area contributed by atoms with E-state index in [1.165, 1.54) is 16.9 Å². The molecule has 0 saturated heterocycles. The molecule has 0 N–H and O–H groups in total. The Kier molecular flexibility index (Phi) is 4.16. The number of furan rings is 1. The van der Waals surface area contributed by atoms with Gasteiger partial charge >= 0.3 is 5.97 Å². The summed E-state index contributed by atoms with van der Waals surface area (Å²) in [7, 11) is 0. The van der Waals surface area contributed by atoms with Gasteiger partial charge in [0.05, 0.1) is 6.26 Å². The molecule has 1 aromatic rings. The number of ether oxygens (including phenoxy) is 1. The van der Waals surface area contributed by atoms with Crippen LogP contribution < -0.4 is 0 Å². The minimum Gasteiger partial charge on any atom is -0.469 e. The van der Waals surface area contributed by atoms with Crippen LogP contribution in [0.25, 0.3) is 0 Å². The number of carbonyl (C=O) groups excluding carboxylic acids is 1. The molecule has 0 unspecified atom stereocenters. The van der Waals surface area contributed by atoms with E-state index in [-0.39, 0.29) is 17.5 Å². The fourth-order valence-corrected chi connectivity index (χ4v) is 4.43. The fourth-order valence-electron chi connectivity index (χ4n) is 4.43. The number of carbonyl (C=O) groups is 1. The maximum Gasteiger partial charge on any atom is 0.333 e. The van der Waals surface area contributed by atoms with Gasteiger partial charge in [-0.2, -0.15) is 0 Å². The molecule has 0 radical (unpaired) electrons. The summed E-state index contributed by atoms with van der Waals surface area (Å²) in [4.78, 5) is 12.2. The summed E-state index contributed by atoms with van der Waals surface area (Å²) in [6, 6.07) is 0. The molecule has 0 aliphatic heterocycles. The van der Waals surface area contributed by atoms with E-state index in [0.29, 0.717) is 17.4 Å². The fraction of sp³-hybridized carbons (Fsp3) is 0.650. The van der Waals surface area contributed by atoms with Crippen molar-refractivity contribution < 1.29 is 13.9 Å². The summed E-state index contributed by atoms with van der Waals surface area (Å²) in [5, 5.41) is 0. The highest BCUT2D eigenvalue weighted by Crippen LogP contribution is 2.53. The molecule has 1 fully saturated rings. The third-order valence-electron chi connectivity index (χ3n) is 6.52. The molecule has 2 aliphatic carbocycles. The number of aryl methyl sites for hydroxylation is 1. The Morgan fingerprint density at radius 3 is 2.87 bits per heavy atom. The zero-order chi connectivity index (χ0) is 16.8. The Bertz CT molecular complexity index is 639. The first-order valence-corrected chi connectivity index (χ1v) is 8.76. The summed E-state index contributed by atoms with van der Waals surface area (Å²) in [6.45, 7) is 10.5. The van der Waals surface area contributed by atoms with Gasteiger partial charge in [0.2, 0.25) is 0 Å². The van der Waals surface area contributed by atoms with Gasteiger partial charge in [0.25, 0.3) is 0 Å². The van der Waals surface area contributed by atoms with Crippen molar-refractivity contribution >= 4 is 5.97 Å². The maximum atomic E-state index is 12.2. The second-order valence-corrected chi connectivity index (χ2v) is 7.69. The van der Waals surface area contributed by atoms with Crippen LogP contribution in [0.4, 0.5) is 0 Å². The quantitative estimate of drug-likeness (QED) is 0.590. The molecule has 2 aliphatic rings. The van der Waals surface area contributed by atoms with Gasteiger partial charge in [0.1, 0.15) is 11.9 Å². The molecule has 0 amide bonds. The predicted molar refractivity (Wildman–Crippen MR) is 90.2 cm³/mol. The Hall–Kier alpha value is -1.51. The van der Waals surface area contributed by atoms with E-state index < -0.39 is 0 Å². The Balaban J connectivity index is 1.82. The van der Waals surface area contributed by atoms with Crippen molar-refractivity contribution in [1.82, 2.24) is 0 Å². The van der Waals surface area contributed by atoms with Gasteiger partial charge in [-0.3, -0.25) is 0 Å². The van der Waals surface area contributed by atoms with E-state index in [9.17, 15) is 4.79 Å². The molecule has 4 atom stereocenters. The van der Waals surface area contributed by atoms with Crippen molar-refractivity contribution in [3.05, 3.63) is 34.8 Å². The lowest BCUT2D eigenvalue weighted by molar-refractivity contribution is -0.156. The van der Waals surface area contributed by atoms with Crippen LogP contribution >= 0.6 is 0 Å². The minimum atomic E-state index is -0.164. The highest BCUT2D eigenvalue weighted by Gasteiger charge is 2.50. The number of esters is 1. The van der Waals surface area contributed by atoms with Crippen LogP contribution in [-0.4, -0.2) is 12.1 Å². The van der Waals surface area contributed by atoms with Gasteiger partial charge in [0.15, 0.2) is 0 Å². The van der Waals surface area contributed by atoms with E-state index in [2.05, 4.69) is 20.8 Å². The minimum absolute atomic E-state index is 0.0207. The molecule has 126 valence electrons. The highest BCUT2D eigenvalue weighted by atomic mass is 16.5. The number of fused-ring (bicyclic) bond motifs is 2. The molecule has 3 nitrogen and oxygen atoms in total. The van der Waals surface area contributed by atoms with Crippen LogP contribution in [0, 0.1) is 24.2 Å². The molecular formula is C20H28O3. The zero-order valence-corrected chi connectivity index (χ0v) is 14.9. The van der Waals surface area contributed by atoms with Crippen LogP contribution in [0.3, 0.4) is 0 Å². The van der Waals surface area contributed by atoms with Crippen LogP contribution in [0.1, 0.15) is 57.4 Å². The lowest BCUT2D eigenvalue weighted by Gasteiger charge is -2.51. The molecule has 3 rings (SSSR count). The summed E-state index contributed by atoms with van der Waals surface area (Å²) in [6.07, 6.45) is 7.86. The van der Waals surface area contributed by atoms with Crippen molar-refractivity contribution in [2.45, 2.75) is 66.4 Å². The number of allylic oxidation sites excluding steroid dienone is 1. The van der Waals surface area contributed by atoms with Crippen molar-refractivity contribution in [2.24, 2.45) is 17.3 Å². The Morgan fingerprint density at radius 1 is 1.43 bits per heavy atom. The zero-order valence-electron chi connectivity index (χ0n) is 14.9. The van der Waals surface area contributed by atoms with E-state index in [1.54, 1.807) is 0 Å². The summed E-state index contributed by atoms with van der Waals surface area (Å²) in [5.74, 6) is 1.99. The number of hydrogen-bond acceptors (Lipinski definition) is 3. The highest BCUT2D eigenvalue weighted by molar-refractivity contribution is 5.87. The molecule has 1 saturated carbocycles. The average Bonchev–Trinajstić information content (AvgIpc) is 2.88. The molecule has 0 aromatic carbocycles. The number of hydrogen-bond donors (Lipinski definition) is 0. The third kappa shape index (κ3) is 2.64. The molecule has 23 heavy (non-hydrogen) atoms. The van der Waals surface area contributed by atoms with Gasteiger partial charge in [0, 0.05) is 12.0 Å². The first kappa shape index (κ1) is 16.4. The second kappa shape index (κ2) is 5.85. The van der Waals surface area contributed by atoms with E-state index in [1.807, 2.05) is 26.2 Å². The van der Waals surface area contributed by atoms with Crippen molar-refractivity contribution in [3.63, 3.8) is 0 Å². The summed E-state index contributed by atoms with van der Waals surface area (Å²) < 4.78 is 11.6. The molecule has 0 bridgehead atoms. The van der Waals surface area contributed by atoms with Crippen LogP contribution in [0.5, 0.6) is 0 Å². The molecule has 1 heterocycles. The predicted octanol–water partition coefficient (Wildman–Crippen LogP) is 4.62. The molecule has 3 heteroatoms. The number of rotatable bonds is 2. The van der Waals surface area contributed by atoms with Crippen molar-refractivity contribution in [2.75, 3.05) is 0 Å². The topological polar surface area (TPSA) is 39.4 Å². The van der Waals surface area contributed by atoms with Gasteiger partial charge < -0.3 is 9.15 Å². The third-order valence-corrected chi connectivity index (χ3v) is 6.52. The van der Waals surface area contributed by atoms with Gasteiger partial charge in [-0.25, -0.2) is 4.79 Å². The van der Waals surface area contributed by atoms with E-state index in [0.717, 1.165) is 25.7 Å². The van der Waals surface area contributed by atoms with E-state index >= 15 is 0 Å². The smallest absolute Gasteiger partial charge is 0.333 e. The SMILES string of the molecule is C/C=C(/C)C(=O)O[C@@H]1CC[C@H]2Cc3occ(C)c3C[C@@]2(C)[C@@H]1C. The first-order chi connectivity index (χ1) is 10.9. The van der Waals surface area contributed by atoms with Gasteiger partial charge in [-0.15, -0.1) is 0 Å². The second-order valence-electron chi connectivity index (χ2n) is 7.69. The van der Waals surface area contributed by atoms with Crippen LogP contribution in [0.2, 0.25) is 0 Å². The Morgan fingerprint density at radius 2 is 2.17 bits per heavy atom. The standard InChI is InChI=1S/C20H28O3/c1-6-12(2)19(21)23-17-8-7-15-9-18-16(13(3)11-22-18)10-20(15,5)14(17)4/h6,11,14-15,17H,7-10H2,1-5H3/b12-6-/t14-,15+,17-,20+/m1/s1. The lowest BCUT2D eigenvalue weighted by atomic mass is 9.55. The monoisotopic (exact) mass is 316 g/mol. The largest absolute Gasteiger partial charge is 0.469 e. The Labute approximate surface area is 139 Å². The van der Waals surface area contributed by atoms with Crippen molar-refractivity contribution in [1.29, 1.82) is 0 Å². The summed E-state index contributed by atoms with van der Waals surface area (Å²) in [5.41, 5.74) is 3.51. The normalized spacial score (nSPS) is 33.8. The van der Waals surface area contributed by atoms with Gasteiger partial charge in [-0.05, 0) is 68.4 Å². The average molecular weight is 316 g/mol. The first-order valence-electron chi connectivity index (χ1n) is 8.76. The van der Waals surface area contributed by atoms with Crippen molar-refractivity contribution in [3.8, 4) is 0 Å². The molecular weight excluding hydrogens is 288 g/mol. The lowest BCUT2D eigenvalue weighted by Crippen LogP contribution is -2.50. The van der Waals surface area contributed by atoms with E-state index in [4.69, 9.17) is 9.15 Å². The maximum absolute atomic E-state index is 12.2. The van der Waals surface area contributed by atoms with Gasteiger partial charge in [-0.1, -0.05) is 19.9 Å².